The van der Waals surface area contributed by atoms with E-state index < -0.39 is 0 Å². The minimum Gasteiger partial charge on any atom is -0.469 e. The first-order valence-corrected chi connectivity index (χ1v) is 8.22. The molecule has 0 fully saturated rings. The summed E-state index contributed by atoms with van der Waals surface area (Å²) in [5.74, 6) is 0.411. The topological polar surface area (TPSA) is 83.0 Å². The van der Waals surface area contributed by atoms with E-state index in [-0.39, 0.29) is 22.6 Å². The van der Waals surface area contributed by atoms with Crippen molar-refractivity contribution in [1.29, 1.82) is 0 Å². The van der Waals surface area contributed by atoms with E-state index in [1.807, 2.05) is 0 Å². The van der Waals surface area contributed by atoms with Gasteiger partial charge >= 0.3 is 0 Å². The van der Waals surface area contributed by atoms with E-state index >= 15 is 0 Å². The molecule has 0 aliphatic carbocycles. The highest BCUT2D eigenvalue weighted by Gasteiger charge is 2.15. The Balaban J connectivity index is 1.76. The lowest BCUT2D eigenvalue weighted by molar-refractivity contribution is 0.200. The summed E-state index contributed by atoms with van der Waals surface area (Å²) in [6.45, 7) is 0.0454. The number of halogens is 2. The second-order valence-corrected chi connectivity index (χ2v) is 6.13. The van der Waals surface area contributed by atoms with Crippen molar-refractivity contribution in [2.75, 3.05) is 0 Å². The molecule has 9 heteroatoms. The van der Waals surface area contributed by atoms with Gasteiger partial charge in [-0.05, 0) is 17.3 Å². The minimum absolute atomic E-state index is 0.0454. The van der Waals surface area contributed by atoms with Crippen LogP contribution in [0.2, 0.25) is 10.0 Å². The zero-order valence-corrected chi connectivity index (χ0v) is 14.6. The highest BCUT2D eigenvalue weighted by molar-refractivity contribution is 6.35. The van der Waals surface area contributed by atoms with Crippen molar-refractivity contribution in [3.63, 3.8) is 0 Å². The van der Waals surface area contributed by atoms with Crippen LogP contribution in [0, 0.1) is 0 Å². The fourth-order valence-corrected chi connectivity index (χ4v) is 3.03. The van der Waals surface area contributed by atoms with Gasteiger partial charge in [0.1, 0.15) is 17.6 Å². The fraction of sp³-hybridized carbons (Fsp3) is 0.0588. The quantitative estimate of drug-likeness (QED) is 0.528. The number of nitrogens with zero attached hydrogens (tertiary/aromatic N) is 4. The van der Waals surface area contributed by atoms with Gasteiger partial charge in [0, 0.05) is 16.7 Å². The molecule has 0 saturated carbocycles. The molecule has 0 radical (unpaired) electrons. The van der Waals surface area contributed by atoms with Crippen LogP contribution in [0.15, 0.2) is 58.2 Å². The maximum Gasteiger partial charge on any atom is 0.202 e. The van der Waals surface area contributed by atoms with E-state index in [9.17, 15) is 4.79 Å². The molecule has 2 aromatic heterocycles. The van der Waals surface area contributed by atoms with E-state index in [0.717, 1.165) is 0 Å². The average Bonchev–Trinajstić information content (AvgIpc) is 3.14. The number of hydrogen-bond acceptors (Lipinski definition) is 6. The number of hydrogen-bond donors (Lipinski definition) is 0. The molecule has 0 spiro atoms. The summed E-state index contributed by atoms with van der Waals surface area (Å²) < 4.78 is 11.2. The van der Waals surface area contributed by atoms with Gasteiger partial charge in [-0.3, -0.25) is 4.79 Å². The standard InChI is InChI=1S/C17H10Cl2N4O3/c18-13-4-2-1-3-11(13)12-7-25-15-6-10(5-14(19)16(15)17(12)24)26-9-23-21-8-20-22-23/h1-8H,9H2. The maximum atomic E-state index is 12.9. The largest absolute Gasteiger partial charge is 0.469 e. The first kappa shape index (κ1) is 16.6. The molecule has 2 aromatic carbocycles. The van der Waals surface area contributed by atoms with Gasteiger partial charge in [-0.25, -0.2) is 0 Å². The lowest BCUT2D eigenvalue weighted by Crippen LogP contribution is -2.09. The van der Waals surface area contributed by atoms with Crippen molar-refractivity contribution in [2.24, 2.45) is 0 Å². The van der Waals surface area contributed by atoms with Gasteiger partial charge < -0.3 is 9.15 Å². The van der Waals surface area contributed by atoms with Gasteiger partial charge in [-0.15, -0.1) is 15.0 Å². The lowest BCUT2D eigenvalue weighted by Gasteiger charge is -2.09. The van der Waals surface area contributed by atoms with Crippen LogP contribution in [-0.4, -0.2) is 20.2 Å². The summed E-state index contributed by atoms with van der Waals surface area (Å²) >= 11 is 12.5. The van der Waals surface area contributed by atoms with E-state index in [0.29, 0.717) is 27.5 Å². The number of aromatic nitrogens is 4. The second-order valence-electron chi connectivity index (χ2n) is 5.32. The van der Waals surface area contributed by atoms with Gasteiger partial charge in [-0.1, -0.05) is 41.4 Å². The predicted octanol–water partition coefficient (Wildman–Crippen LogP) is 3.79. The SMILES string of the molecule is O=c1c(-c2ccccc2Cl)coc2cc(OCn3ncnn3)cc(Cl)c12. The minimum atomic E-state index is -0.270. The molecule has 0 unspecified atom stereocenters. The summed E-state index contributed by atoms with van der Waals surface area (Å²) in [5, 5.41) is 12.0. The first-order chi connectivity index (χ1) is 12.6. The Kier molecular flexibility index (Phi) is 4.32. The monoisotopic (exact) mass is 388 g/mol. The maximum absolute atomic E-state index is 12.9. The van der Waals surface area contributed by atoms with Crippen molar-refractivity contribution >= 4 is 34.2 Å². The summed E-state index contributed by atoms with van der Waals surface area (Å²) in [5.41, 5.74) is 0.956. The smallest absolute Gasteiger partial charge is 0.202 e. The molecule has 0 N–H and O–H groups in total. The molecule has 26 heavy (non-hydrogen) atoms. The molecule has 4 rings (SSSR count). The van der Waals surface area contributed by atoms with E-state index in [1.54, 1.807) is 30.3 Å². The van der Waals surface area contributed by atoms with Gasteiger partial charge in [-0.2, -0.15) is 0 Å². The van der Waals surface area contributed by atoms with Gasteiger partial charge in [0.05, 0.1) is 16.0 Å². The van der Waals surface area contributed by atoms with Crippen LogP contribution in [0.3, 0.4) is 0 Å². The lowest BCUT2D eigenvalue weighted by atomic mass is 10.1. The van der Waals surface area contributed by atoms with E-state index in [1.165, 1.54) is 23.5 Å². The van der Waals surface area contributed by atoms with Crippen molar-refractivity contribution in [1.82, 2.24) is 20.2 Å². The van der Waals surface area contributed by atoms with Gasteiger partial charge in [0.15, 0.2) is 6.33 Å². The van der Waals surface area contributed by atoms with Crippen molar-refractivity contribution in [3.05, 3.63) is 69.3 Å². The average molecular weight is 389 g/mol. The molecule has 2 heterocycles. The molecular weight excluding hydrogens is 379 g/mol. The number of rotatable bonds is 4. The summed E-state index contributed by atoms with van der Waals surface area (Å²) in [4.78, 5) is 14.1. The Morgan fingerprint density at radius 3 is 2.73 bits per heavy atom. The number of benzene rings is 2. The fourth-order valence-electron chi connectivity index (χ4n) is 2.51. The molecule has 0 bridgehead atoms. The molecule has 130 valence electrons. The zero-order valence-electron chi connectivity index (χ0n) is 13.1. The predicted molar refractivity (Wildman–Crippen MR) is 96.4 cm³/mol. The zero-order chi connectivity index (χ0) is 18.1. The molecule has 4 aromatic rings. The van der Waals surface area contributed by atoms with Crippen LogP contribution >= 0.6 is 23.2 Å². The van der Waals surface area contributed by atoms with Crippen LogP contribution in [-0.2, 0) is 6.73 Å². The number of tetrazole rings is 1. The van der Waals surface area contributed by atoms with Crippen LogP contribution in [0.4, 0.5) is 0 Å². The molecule has 0 atom stereocenters. The highest BCUT2D eigenvalue weighted by Crippen LogP contribution is 2.31. The number of fused-ring (bicyclic) bond motifs is 1. The van der Waals surface area contributed by atoms with Crippen molar-refractivity contribution in [3.8, 4) is 16.9 Å². The summed E-state index contributed by atoms with van der Waals surface area (Å²) in [7, 11) is 0. The third-order valence-corrected chi connectivity index (χ3v) is 4.33. The highest BCUT2D eigenvalue weighted by atomic mass is 35.5. The normalized spacial score (nSPS) is 11.0. The van der Waals surface area contributed by atoms with Crippen LogP contribution < -0.4 is 10.2 Å². The van der Waals surface area contributed by atoms with Crippen molar-refractivity contribution < 1.29 is 9.15 Å². The van der Waals surface area contributed by atoms with Crippen molar-refractivity contribution in [2.45, 2.75) is 6.73 Å². The Morgan fingerprint density at radius 1 is 1.12 bits per heavy atom. The van der Waals surface area contributed by atoms with Crippen LogP contribution in [0.5, 0.6) is 5.75 Å². The van der Waals surface area contributed by atoms with Gasteiger partial charge in [0.25, 0.3) is 0 Å². The summed E-state index contributed by atoms with van der Waals surface area (Å²) in [6.07, 6.45) is 2.66. The molecule has 0 aliphatic heterocycles. The number of ether oxygens (including phenoxy) is 1. The molecule has 7 nitrogen and oxygen atoms in total. The Labute approximate surface area is 156 Å². The second kappa shape index (κ2) is 6.78. The Hall–Kier alpha value is -2.90. The third kappa shape index (κ3) is 3.02. The third-order valence-electron chi connectivity index (χ3n) is 3.71. The first-order valence-electron chi connectivity index (χ1n) is 7.47. The molecule has 0 saturated heterocycles. The van der Waals surface area contributed by atoms with Gasteiger partial charge in [0.2, 0.25) is 12.2 Å². The summed E-state index contributed by atoms with van der Waals surface area (Å²) in [6, 6.07) is 10.1. The van der Waals surface area contributed by atoms with E-state index in [2.05, 4.69) is 15.4 Å². The van der Waals surface area contributed by atoms with E-state index in [4.69, 9.17) is 32.4 Å². The Bertz CT molecular complexity index is 1140. The Morgan fingerprint density at radius 2 is 1.96 bits per heavy atom. The molecule has 0 amide bonds. The molecular formula is C17H10Cl2N4O3. The van der Waals surface area contributed by atoms with Crippen LogP contribution in [0.25, 0.3) is 22.1 Å². The molecule has 0 aliphatic rings. The van der Waals surface area contributed by atoms with Crippen LogP contribution in [0.1, 0.15) is 0 Å².